The number of hydrogen-bond acceptors (Lipinski definition) is 21. The summed E-state index contributed by atoms with van der Waals surface area (Å²) in [6.07, 6.45) is 3.09. The first-order valence-corrected chi connectivity index (χ1v) is 41.0. The average molecular weight is 1650 g/mol. The predicted molar refractivity (Wildman–Crippen MR) is 446 cm³/mol. The van der Waals surface area contributed by atoms with Crippen LogP contribution in [0.5, 0.6) is 0 Å². The van der Waals surface area contributed by atoms with E-state index in [-0.39, 0.29) is 76.4 Å². The lowest BCUT2D eigenvalue weighted by atomic mass is 9.76. The zero-order valence-electron chi connectivity index (χ0n) is 68.1. The summed E-state index contributed by atoms with van der Waals surface area (Å²) >= 11 is 0. The maximum absolute atomic E-state index is 15.7. The minimum absolute atomic E-state index is 0.0438. The Balaban J connectivity index is 0.643. The number of nitrogens with zero attached hydrogens (tertiary/aromatic N) is 5. The number of H-pyrrole nitrogens is 1. The van der Waals surface area contributed by atoms with E-state index < -0.39 is 70.4 Å². The van der Waals surface area contributed by atoms with Crippen molar-refractivity contribution in [2.45, 2.75) is 121 Å². The fourth-order valence-corrected chi connectivity index (χ4v) is 15.4. The summed E-state index contributed by atoms with van der Waals surface area (Å²) in [6.45, 7) is 12.3. The monoisotopic (exact) mass is 1650 g/mol. The third-order valence-corrected chi connectivity index (χ3v) is 21.7. The number of aromatic amines is 1. The number of alkyl carbamates (subject to hydrolysis) is 1. The Morgan fingerprint density at radius 2 is 1.27 bits per heavy atom. The number of nitrogens with one attached hydrogen (secondary N) is 6. The second-order valence-corrected chi connectivity index (χ2v) is 29.5. The number of cyclic esters (lactones) is 1. The molecule has 0 unspecified atom stereocenters. The van der Waals surface area contributed by atoms with Gasteiger partial charge in [-0.3, -0.25) is 24.5 Å². The first-order valence-electron chi connectivity index (χ1n) is 41.0. The normalized spacial score (nSPS) is 15.1. The number of ether oxygens (including phenoxy) is 11. The Kier molecular flexibility index (Phi) is 32.8. The van der Waals surface area contributed by atoms with Crippen LogP contribution in [0.15, 0.2) is 162 Å². The number of para-hydroxylation sites is 1. The molecular formula is C90H106FN11O18. The predicted octanol–water partition coefficient (Wildman–Crippen LogP) is 11.0. The molecule has 7 N–H and O–H groups in total. The lowest BCUT2D eigenvalue weighted by Crippen LogP contribution is -2.53. The molecule has 29 nitrogen and oxygen atoms in total. The number of hydrogen-bond donors (Lipinski definition) is 7. The van der Waals surface area contributed by atoms with E-state index in [4.69, 9.17) is 62.6 Å². The van der Waals surface area contributed by atoms with Crippen molar-refractivity contribution in [1.29, 1.82) is 0 Å². The van der Waals surface area contributed by atoms with Gasteiger partial charge in [0.15, 0.2) is 5.60 Å². The van der Waals surface area contributed by atoms with Crippen LogP contribution in [0.25, 0.3) is 43.6 Å². The molecule has 30 heteroatoms. The molecule has 6 aromatic carbocycles. The minimum Gasteiger partial charge on any atom is -0.458 e. The largest absolute Gasteiger partial charge is 0.458 e. The number of carbonyl (C=O) groups excluding carboxylic acids is 5. The summed E-state index contributed by atoms with van der Waals surface area (Å²) in [7, 11) is 0. The molecule has 4 atom stereocenters. The molecule has 120 heavy (non-hydrogen) atoms. The Hall–Kier alpha value is -10.8. The number of carbonyl (C=O) groups is 5. The fraction of sp³-hybridized carbons (Fsp3) is 0.433. The number of halogens is 1. The van der Waals surface area contributed by atoms with Crippen molar-refractivity contribution in [1.82, 2.24) is 35.8 Å². The van der Waals surface area contributed by atoms with Crippen molar-refractivity contribution in [3.05, 3.63) is 245 Å². The quantitative estimate of drug-likeness (QED) is 0.00465. The Bertz CT molecular complexity index is 4990. The minimum atomic E-state index is -2.06. The summed E-state index contributed by atoms with van der Waals surface area (Å²) < 4.78 is 78.4. The second kappa shape index (κ2) is 44.5. The van der Waals surface area contributed by atoms with Crippen LogP contribution in [0.3, 0.4) is 0 Å². The number of benzene rings is 6. The van der Waals surface area contributed by atoms with Gasteiger partial charge in [0.25, 0.3) is 5.56 Å². The average Bonchev–Trinajstić information content (AvgIpc) is 1.49. The summed E-state index contributed by atoms with van der Waals surface area (Å²) in [5.41, 5.74) is 15.7. The number of anilines is 1. The summed E-state index contributed by atoms with van der Waals surface area (Å²) in [5.74, 6) is -2.83. The number of pyridine rings is 2. The Labute approximate surface area is 695 Å². The Morgan fingerprint density at radius 1 is 0.692 bits per heavy atom. The van der Waals surface area contributed by atoms with Crippen LogP contribution >= 0.6 is 0 Å². The van der Waals surface area contributed by atoms with Gasteiger partial charge >= 0.3 is 12.1 Å². The number of aryl methyl sites for hydroxylation is 2. The molecule has 636 valence electrons. The lowest BCUT2D eigenvalue weighted by Gasteiger charge is -2.37. The second-order valence-electron chi connectivity index (χ2n) is 29.5. The lowest BCUT2D eigenvalue weighted by molar-refractivity contribution is -0.172. The molecule has 3 aliphatic rings. The molecule has 1 aliphatic carbocycles. The van der Waals surface area contributed by atoms with Gasteiger partial charge in [-0.2, -0.15) is 0 Å². The highest BCUT2D eigenvalue weighted by Crippen LogP contribution is 2.46. The van der Waals surface area contributed by atoms with Crippen molar-refractivity contribution < 1.29 is 85.6 Å². The molecule has 0 saturated heterocycles. The Morgan fingerprint density at radius 3 is 1.88 bits per heavy atom. The number of aromatic nitrogens is 3. The number of azide groups is 1. The number of fused-ring (bicyclic) bond motifs is 6. The topological polar surface area (TPSA) is 367 Å². The summed E-state index contributed by atoms with van der Waals surface area (Å²) in [5, 5.41) is 32.5. The van der Waals surface area contributed by atoms with Gasteiger partial charge in [-0.05, 0) is 133 Å². The zero-order valence-corrected chi connectivity index (χ0v) is 68.1. The van der Waals surface area contributed by atoms with Crippen LogP contribution in [-0.2, 0) is 115 Å². The number of amides is 4. The molecule has 2 aliphatic heterocycles. The van der Waals surface area contributed by atoms with Gasteiger partial charge in [-0.15, -0.1) is 0 Å². The molecular weight excluding hydrogens is 1540 g/mol. The maximum atomic E-state index is 15.7. The molecule has 9 aromatic rings. The van der Waals surface area contributed by atoms with Gasteiger partial charge in [0, 0.05) is 69.7 Å². The molecule has 0 bridgehead atoms. The number of rotatable bonds is 50. The van der Waals surface area contributed by atoms with E-state index in [9.17, 15) is 29.1 Å². The van der Waals surface area contributed by atoms with Crippen LogP contribution < -0.4 is 32.1 Å². The number of esters is 1. The van der Waals surface area contributed by atoms with Crippen molar-refractivity contribution >= 4 is 57.3 Å². The van der Waals surface area contributed by atoms with Crippen molar-refractivity contribution in [2.75, 3.05) is 137 Å². The van der Waals surface area contributed by atoms with Crippen LogP contribution in [0.1, 0.15) is 118 Å². The van der Waals surface area contributed by atoms with Crippen molar-refractivity contribution in [3.8, 4) is 11.4 Å². The third kappa shape index (κ3) is 22.8. The molecule has 0 fully saturated rings. The highest BCUT2D eigenvalue weighted by Gasteiger charge is 2.46. The summed E-state index contributed by atoms with van der Waals surface area (Å²) in [6, 6.07) is 43.6. The van der Waals surface area contributed by atoms with E-state index in [1.165, 1.54) is 10.6 Å². The fourth-order valence-electron chi connectivity index (χ4n) is 15.4. The first kappa shape index (κ1) is 88.5. The van der Waals surface area contributed by atoms with Gasteiger partial charge in [0.1, 0.15) is 31.1 Å². The molecule has 0 radical (unpaired) electrons. The highest BCUT2D eigenvalue weighted by molar-refractivity contribution is 5.99. The van der Waals surface area contributed by atoms with E-state index >= 15 is 9.18 Å². The van der Waals surface area contributed by atoms with E-state index in [0.29, 0.717) is 188 Å². The molecule has 5 heterocycles. The van der Waals surface area contributed by atoms with Gasteiger partial charge in [-0.1, -0.05) is 133 Å². The zero-order chi connectivity index (χ0) is 84.1. The highest BCUT2D eigenvalue weighted by atomic mass is 19.1. The van der Waals surface area contributed by atoms with E-state index in [1.54, 1.807) is 44.2 Å². The van der Waals surface area contributed by atoms with E-state index in [1.807, 2.05) is 66.9 Å². The SMILES string of the molecule is CC[C@@]1(O)C(=O)OCc2c1cc1n(c2=O)Cc2c-1nc1cc(F)c(C)c3c1c2[C@@H](NC(=O)OCc1ccc(NC(=O)[C@H](CCCCNC(c2ccccc2)(c2ccccc2)c2ccc(C)cc2)NC(=O)[C@H](Cc2c[nH]c4ccccc24)NC(=O)CCOCCOCCOCCOCCOCCOCCOCCOCCOCCN=[N+]=[N-])cc1)CC3. The van der Waals surface area contributed by atoms with Gasteiger partial charge in [0.05, 0.1) is 160 Å². The number of unbranched alkanes of at least 4 members (excludes halogenated alkanes) is 1. The van der Waals surface area contributed by atoms with Crippen LogP contribution in [0.4, 0.5) is 14.9 Å². The van der Waals surface area contributed by atoms with Crippen LogP contribution in [-0.4, -0.2) is 194 Å². The molecule has 4 amide bonds. The standard InChI is InChI=1S/C90H106FN11O18/c1-4-89(109)72-54-79-83-70(57-102(79)86(106)71(72)59-119-87(89)107)82-75(31-30-68-61(3)73(91)55-77(98-83)81(68)82)100-88(108)120-58-62-24-28-67(29-25-62)96-84(104)76(21-13-14-33-94-90(64-15-7-5-8-16-64,65-17-9-6-10-18-65)66-26-22-60(2)23-27-66)99-85(105)78(53-63-56-93-74-20-12-11-19-69(63)74)97-80(103)32-35-110-37-39-112-41-43-114-45-47-116-49-51-118-52-50-117-48-46-115-44-42-113-40-38-111-36-34-95-101-92/h5-12,15-20,22-29,54-56,75-76,78,93-94,109H,4,13-14,21,30-53,57-59H2,1-3H3,(H,96,104)(H,97,103)(H,99,105)(H,100,108)/t75-,76-,78-,89-/m0/s1. The first-order chi connectivity index (χ1) is 58.6. The molecule has 12 rings (SSSR count). The van der Waals surface area contributed by atoms with Gasteiger partial charge in [0.2, 0.25) is 17.7 Å². The molecule has 3 aromatic heterocycles. The molecule has 0 spiro atoms. The van der Waals surface area contributed by atoms with Crippen molar-refractivity contribution in [2.24, 2.45) is 5.11 Å². The maximum Gasteiger partial charge on any atom is 0.407 e. The smallest absolute Gasteiger partial charge is 0.407 e. The summed E-state index contributed by atoms with van der Waals surface area (Å²) in [4.78, 5) is 96.1. The van der Waals surface area contributed by atoms with E-state index in [2.05, 4.69) is 97.0 Å². The van der Waals surface area contributed by atoms with E-state index in [0.717, 1.165) is 44.3 Å². The third-order valence-electron chi connectivity index (χ3n) is 21.7. The van der Waals surface area contributed by atoms with Gasteiger partial charge in [-0.25, -0.2) is 19.0 Å². The van der Waals surface area contributed by atoms with Crippen LogP contribution in [0, 0.1) is 19.7 Å². The van der Waals surface area contributed by atoms with Gasteiger partial charge < -0.3 is 88.0 Å². The molecule has 0 saturated carbocycles. The van der Waals surface area contributed by atoms with Crippen LogP contribution in [0.2, 0.25) is 0 Å². The number of aliphatic hydroxyl groups is 1. The van der Waals surface area contributed by atoms with Crippen molar-refractivity contribution in [3.63, 3.8) is 0 Å².